The molecule has 5 atom stereocenters. The van der Waals surface area contributed by atoms with Crippen LogP contribution in [-0.2, 0) is 55.7 Å². The van der Waals surface area contributed by atoms with E-state index in [-0.39, 0.29) is 26.4 Å². The molecule has 0 spiro atoms. The highest BCUT2D eigenvalue weighted by Crippen LogP contribution is 2.44. The second-order valence-corrected chi connectivity index (χ2v) is 13.2. The molecule has 0 aliphatic carbocycles. The third-order valence-corrected chi connectivity index (χ3v) is 9.53. The molecule has 0 bridgehead atoms. The Morgan fingerprint density at radius 1 is 0.698 bits per heavy atom. The fraction of sp³-hybridized carbons (Fsp3) is 0.302. The first-order valence-electron chi connectivity index (χ1n) is 17.5. The zero-order valence-corrected chi connectivity index (χ0v) is 30.1. The number of aliphatic hydroxyl groups excluding tert-OH is 1. The predicted molar refractivity (Wildman–Crippen MR) is 198 cm³/mol. The molecule has 10 heteroatoms. The highest BCUT2D eigenvalue weighted by molar-refractivity contribution is 6.31. The van der Waals surface area contributed by atoms with Gasteiger partial charge in [0.1, 0.15) is 36.8 Å². The topological polar surface area (TPSA) is 75.6 Å². The summed E-state index contributed by atoms with van der Waals surface area (Å²) in [6.45, 7) is -0.368. The quantitative estimate of drug-likeness (QED) is 0.102. The van der Waals surface area contributed by atoms with E-state index in [2.05, 4.69) is 0 Å². The summed E-state index contributed by atoms with van der Waals surface area (Å²) in [5.74, 6) is -1.23. The first-order valence-corrected chi connectivity index (χ1v) is 17.9. The van der Waals surface area contributed by atoms with Gasteiger partial charge in [-0.25, -0.2) is 8.78 Å². The highest BCUT2D eigenvalue weighted by atomic mass is 35.5. The number of methoxy groups -OCH3 is 1. The molecular formula is C43H43ClF2O7. The van der Waals surface area contributed by atoms with Crippen LogP contribution >= 0.6 is 11.6 Å². The van der Waals surface area contributed by atoms with Gasteiger partial charge in [0.05, 0.1) is 26.4 Å². The van der Waals surface area contributed by atoms with Crippen LogP contribution in [0, 0.1) is 0 Å². The van der Waals surface area contributed by atoms with E-state index in [1.165, 1.54) is 0 Å². The van der Waals surface area contributed by atoms with E-state index >= 15 is 0 Å². The summed E-state index contributed by atoms with van der Waals surface area (Å²) in [7, 11) is 1.54. The van der Waals surface area contributed by atoms with Crippen molar-refractivity contribution >= 4 is 11.6 Å². The lowest BCUT2D eigenvalue weighted by atomic mass is 9.86. The number of aliphatic hydroxyl groups is 1. The molecular weight excluding hydrogens is 702 g/mol. The summed E-state index contributed by atoms with van der Waals surface area (Å²) in [6.07, 6.45) is -5.47. The fourth-order valence-electron chi connectivity index (χ4n) is 6.51. The van der Waals surface area contributed by atoms with Crippen molar-refractivity contribution in [2.24, 2.45) is 0 Å². The van der Waals surface area contributed by atoms with E-state index in [9.17, 15) is 13.9 Å². The van der Waals surface area contributed by atoms with Crippen LogP contribution < -0.4 is 4.74 Å². The van der Waals surface area contributed by atoms with Gasteiger partial charge in [0.2, 0.25) is 5.79 Å². The van der Waals surface area contributed by atoms with Gasteiger partial charge in [0, 0.05) is 17.7 Å². The van der Waals surface area contributed by atoms with Gasteiger partial charge in [-0.2, -0.15) is 0 Å². The van der Waals surface area contributed by atoms with Crippen molar-refractivity contribution < 1.29 is 42.3 Å². The fourth-order valence-corrected chi connectivity index (χ4v) is 6.69. The van der Waals surface area contributed by atoms with Crippen LogP contribution in [0.15, 0.2) is 133 Å². The maximum Gasteiger partial charge on any atom is 0.272 e. The van der Waals surface area contributed by atoms with E-state index in [0.29, 0.717) is 22.8 Å². The summed E-state index contributed by atoms with van der Waals surface area (Å²) in [6, 6.07) is 41.8. The Morgan fingerprint density at radius 2 is 1.25 bits per heavy atom. The molecule has 6 rings (SSSR count). The van der Waals surface area contributed by atoms with Crippen molar-refractivity contribution in [3.8, 4) is 5.75 Å². The van der Waals surface area contributed by atoms with E-state index in [4.69, 9.17) is 40.0 Å². The van der Waals surface area contributed by atoms with Gasteiger partial charge < -0.3 is 33.5 Å². The van der Waals surface area contributed by atoms with Crippen LogP contribution in [0.2, 0.25) is 5.02 Å². The third-order valence-electron chi connectivity index (χ3n) is 9.16. The normalized spacial score (nSPS) is 21.5. The van der Waals surface area contributed by atoms with Gasteiger partial charge in [0.25, 0.3) is 6.43 Å². The predicted octanol–water partition coefficient (Wildman–Crippen LogP) is 8.52. The molecule has 1 saturated heterocycles. The molecule has 1 aliphatic rings. The maximum atomic E-state index is 12.7. The molecule has 0 unspecified atom stereocenters. The molecule has 5 aromatic carbocycles. The Hall–Kier alpha value is -4.19. The summed E-state index contributed by atoms with van der Waals surface area (Å²) < 4.78 is 63.9. The van der Waals surface area contributed by atoms with Crippen LogP contribution in [0.1, 0.15) is 33.4 Å². The lowest BCUT2D eigenvalue weighted by molar-refractivity contribution is -0.384. The lowest BCUT2D eigenvalue weighted by Crippen LogP contribution is -2.66. The number of halogens is 3. The highest BCUT2D eigenvalue weighted by Gasteiger charge is 2.58. The van der Waals surface area contributed by atoms with E-state index < -0.39 is 43.2 Å². The number of benzene rings is 5. The average Bonchev–Trinajstić information content (AvgIpc) is 3.20. The zero-order valence-electron chi connectivity index (χ0n) is 29.4. The molecule has 1 heterocycles. The second-order valence-electron chi connectivity index (χ2n) is 12.8. The van der Waals surface area contributed by atoms with E-state index in [1.54, 1.807) is 25.3 Å². The molecule has 1 aliphatic heterocycles. The van der Waals surface area contributed by atoms with Crippen molar-refractivity contribution in [1.29, 1.82) is 0 Å². The molecule has 0 radical (unpaired) electrons. The van der Waals surface area contributed by atoms with Crippen molar-refractivity contribution in [3.63, 3.8) is 0 Å². The van der Waals surface area contributed by atoms with Crippen LogP contribution in [0.5, 0.6) is 5.75 Å². The molecule has 0 saturated carbocycles. The van der Waals surface area contributed by atoms with Gasteiger partial charge in [-0.15, -0.1) is 0 Å². The van der Waals surface area contributed by atoms with E-state index in [1.807, 2.05) is 115 Å². The average molecular weight is 745 g/mol. The van der Waals surface area contributed by atoms with Crippen LogP contribution in [0.3, 0.4) is 0 Å². The maximum absolute atomic E-state index is 12.7. The molecule has 0 amide bonds. The molecule has 5 aromatic rings. The SMILES string of the molecule is CO[C@@]1(c2ccc(Cl)c(Cc3ccc(OCC(F)F)cc3)c2)O[C@H](CO)[C@@H](OCc2ccccc2)[C@H](OCc2ccccc2)[C@H]1OCc1ccccc1. The number of alkyl halides is 2. The van der Waals surface area contributed by atoms with Crippen molar-refractivity contribution in [3.05, 3.63) is 172 Å². The van der Waals surface area contributed by atoms with Crippen LogP contribution in [-0.4, -0.2) is 56.3 Å². The van der Waals surface area contributed by atoms with E-state index in [0.717, 1.165) is 27.8 Å². The van der Waals surface area contributed by atoms with Crippen LogP contribution in [0.4, 0.5) is 8.78 Å². The standard InChI is InChI=1S/C43H43ClF2O7/c1-48-43(35-19-22-37(44)34(24-35)23-30-17-20-36(21-18-30)49-29-39(45)46)42(52-28-33-15-9-4-10-16-33)41(51-27-32-13-7-3-8-14-32)40(38(25-47)53-43)50-26-31-11-5-2-6-12-31/h2-22,24,38-42,47H,23,25-29H2,1H3/t38-,40-,41+,42-,43+/m1/s1. The first kappa shape index (κ1) is 38.5. The van der Waals surface area contributed by atoms with Gasteiger partial charge in [-0.3, -0.25) is 0 Å². The minimum Gasteiger partial charge on any atom is -0.488 e. The van der Waals surface area contributed by atoms with Gasteiger partial charge in [0.15, 0.2) is 0 Å². The van der Waals surface area contributed by atoms with Gasteiger partial charge >= 0.3 is 0 Å². The smallest absolute Gasteiger partial charge is 0.272 e. The zero-order chi connectivity index (χ0) is 37.0. The minimum absolute atomic E-state index is 0.209. The lowest BCUT2D eigenvalue weighted by Gasteiger charge is -2.52. The van der Waals surface area contributed by atoms with Crippen molar-refractivity contribution in [2.75, 3.05) is 20.3 Å². The number of rotatable bonds is 17. The molecule has 1 N–H and O–H groups in total. The molecule has 1 fully saturated rings. The summed E-state index contributed by atoms with van der Waals surface area (Å²) in [4.78, 5) is 0. The Bertz CT molecular complexity index is 1830. The summed E-state index contributed by atoms with van der Waals surface area (Å²) >= 11 is 6.79. The molecule has 53 heavy (non-hydrogen) atoms. The van der Waals surface area contributed by atoms with Gasteiger partial charge in [-0.1, -0.05) is 121 Å². The summed E-state index contributed by atoms with van der Waals surface area (Å²) in [5.41, 5.74) is 5.08. The molecule has 0 aromatic heterocycles. The van der Waals surface area contributed by atoms with Crippen LogP contribution in [0.25, 0.3) is 0 Å². The molecule has 278 valence electrons. The second kappa shape index (κ2) is 18.7. The van der Waals surface area contributed by atoms with Gasteiger partial charge in [-0.05, 0) is 58.5 Å². The molecule has 7 nitrogen and oxygen atoms in total. The third kappa shape index (κ3) is 9.87. The van der Waals surface area contributed by atoms with Crippen molar-refractivity contribution in [2.45, 2.75) is 62.9 Å². The Kier molecular flexibility index (Phi) is 13.6. The number of ether oxygens (including phenoxy) is 6. The largest absolute Gasteiger partial charge is 0.488 e. The monoisotopic (exact) mass is 744 g/mol. The number of hydrogen-bond acceptors (Lipinski definition) is 7. The Balaban J connectivity index is 1.38. The Morgan fingerprint density at radius 3 is 1.77 bits per heavy atom. The Labute approximate surface area is 314 Å². The first-order chi connectivity index (χ1) is 25.9. The minimum atomic E-state index is -2.56. The number of hydrogen-bond donors (Lipinski definition) is 1. The summed E-state index contributed by atoms with van der Waals surface area (Å²) in [5, 5.41) is 11.4. The van der Waals surface area contributed by atoms with Crippen molar-refractivity contribution in [1.82, 2.24) is 0 Å².